The molecule has 0 saturated heterocycles. The third kappa shape index (κ3) is 2.47. The van der Waals surface area contributed by atoms with Crippen LogP contribution in [0.25, 0.3) is 11.3 Å². The average molecular weight is 267 g/mol. The average Bonchev–Trinajstić information content (AvgIpc) is 2.74. The summed E-state index contributed by atoms with van der Waals surface area (Å²) in [6.45, 7) is 3.30. The molecule has 6 heteroatoms. The number of benzene rings is 1. The van der Waals surface area contributed by atoms with Crippen molar-refractivity contribution in [1.29, 1.82) is 0 Å². The Labute approximate surface area is 108 Å². The van der Waals surface area contributed by atoms with Crippen molar-refractivity contribution in [1.82, 2.24) is 5.16 Å². The van der Waals surface area contributed by atoms with Crippen molar-refractivity contribution in [2.45, 2.75) is 13.8 Å². The second-order valence-corrected chi connectivity index (χ2v) is 3.81. The second kappa shape index (κ2) is 5.17. The van der Waals surface area contributed by atoms with Crippen molar-refractivity contribution in [2.75, 3.05) is 6.61 Å². The molecule has 0 aliphatic heterocycles. The first-order valence-corrected chi connectivity index (χ1v) is 5.63. The molecule has 2 aromatic rings. The van der Waals surface area contributed by atoms with E-state index in [9.17, 15) is 13.6 Å². The lowest BCUT2D eigenvalue weighted by Gasteiger charge is -2.03. The zero-order valence-electron chi connectivity index (χ0n) is 10.4. The van der Waals surface area contributed by atoms with E-state index in [1.54, 1.807) is 6.92 Å². The summed E-state index contributed by atoms with van der Waals surface area (Å²) >= 11 is 0. The monoisotopic (exact) mass is 267 g/mol. The molecule has 0 fully saturated rings. The highest BCUT2D eigenvalue weighted by Crippen LogP contribution is 2.28. The van der Waals surface area contributed by atoms with Gasteiger partial charge in [0.2, 0.25) is 0 Å². The van der Waals surface area contributed by atoms with Gasteiger partial charge in [-0.05, 0) is 32.0 Å². The maximum absolute atomic E-state index is 13.7. The van der Waals surface area contributed by atoms with Crippen LogP contribution in [0, 0.1) is 18.6 Å². The molecule has 1 aromatic carbocycles. The number of esters is 1. The van der Waals surface area contributed by atoms with E-state index in [0.29, 0.717) is 0 Å². The molecular weight excluding hydrogens is 256 g/mol. The number of rotatable bonds is 3. The Kier molecular flexibility index (Phi) is 3.59. The van der Waals surface area contributed by atoms with E-state index in [-0.39, 0.29) is 29.2 Å². The lowest BCUT2D eigenvalue weighted by molar-refractivity contribution is 0.0525. The molecule has 0 aliphatic rings. The fourth-order valence-electron chi connectivity index (χ4n) is 1.68. The van der Waals surface area contributed by atoms with Gasteiger partial charge in [-0.2, -0.15) is 0 Å². The molecule has 0 saturated carbocycles. The lowest BCUT2D eigenvalue weighted by atomic mass is 10.1. The van der Waals surface area contributed by atoms with Crippen molar-refractivity contribution in [3.63, 3.8) is 0 Å². The first-order valence-electron chi connectivity index (χ1n) is 5.63. The van der Waals surface area contributed by atoms with Crippen LogP contribution in [0.5, 0.6) is 0 Å². The number of carbonyl (C=O) groups is 1. The van der Waals surface area contributed by atoms with Gasteiger partial charge in [-0.3, -0.25) is 0 Å². The van der Waals surface area contributed by atoms with Gasteiger partial charge in [0.25, 0.3) is 0 Å². The summed E-state index contributed by atoms with van der Waals surface area (Å²) in [5.41, 5.74) is -0.195. The van der Waals surface area contributed by atoms with E-state index in [4.69, 9.17) is 9.26 Å². The Morgan fingerprint density at radius 3 is 2.84 bits per heavy atom. The molecule has 0 amide bonds. The largest absolute Gasteiger partial charge is 0.462 e. The van der Waals surface area contributed by atoms with Gasteiger partial charge < -0.3 is 9.26 Å². The summed E-state index contributed by atoms with van der Waals surface area (Å²) in [5.74, 6) is -1.82. The van der Waals surface area contributed by atoms with Gasteiger partial charge in [0, 0.05) is 5.56 Å². The molecule has 0 aliphatic carbocycles. The Bertz CT molecular complexity index is 622. The van der Waals surface area contributed by atoms with Crippen LogP contribution in [0.1, 0.15) is 23.0 Å². The number of ether oxygens (including phenoxy) is 1. The van der Waals surface area contributed by atoms with Crippen molar-refractivity contribution in [3.8, 4) is 11.3 Å². The third-order valence-electron chi connectivity index (χ3n) is 2.53. The topological polar surface area (TPSA) is 52.3 Å². The van der Waals surface area contributed by atoms with Gasteiger partial charge in [-0.25, -0.2) is 13.6 Å². The molecule has 0 spiro atoms. The summed E-state index contributed by atoms with van der Waals surface area (Å²) in [6.07, 6.45) is 0. The summed E-state index contributed by atoms with van der Waals surface area (Å²) in [5, 5.41) is 3.61. The van der Waals surface area contributed by atoms with Crippen LogP contribution in [-0.2, 0) is 4.74 Å². The van der Waals surface area contributed by atoms with Crippen molar-refractivity contribution in [3.05, 3.63) is 41.2 Å². The molecule has 100 valence electrons. The molecular formula is C13H11F2NO3. The third-order valence-corrected chi connectivity index (χ3v) is 2.53. The van der Waals surface area contributed by atoms with Crippen molar-refractivity contribution < 1.29 is 22.8 Å². The van der Waals surface area contributed by atoms with Gasteiger partial charge in [0.05, 0.1) is 6.61 Å². The Morgan fingerprint density at radius 2 is 2.16 bits per heavy atom. The second-order valence-electron chi connectivity index (χ2n) is 3.81. The maximum atomic E-state index is 13.7. The number of hydrogen-bond acceptors (Lipinski definition) is 4. The zero-order valence-corrected chi connectivity index (χ0v) is 10.4. The number of nitrogens with zero attached hydrogens (tertiary/aromatic N) is 1. The zero-order chi connectivity index (χ0) is 14.0. The van der Waals surface area contributed by atoms with Gasteiger partial charge in [0.15, 0.2) is 0 Å². The number of halogens is 2. The molecule has 0 radical (unpaired) electrons. The maximum Gasteiger partial charge on any atom is 0.344 e. The van der Waals surface area contributed by atoms with Crippen LogP contribution in [0.15, 0.2) is 22.7 Å². The fraction of sp³-hybridized carbons (Fsp3) is 0.231. The molecule has 0 N–H and O–H groups in total. The molecule has 1 aromatic heterocycles. The minimum Gasteiger partial charge on any atom is -0.462 e. The summed E-state index contributed by atoms with van der Waals surface area (Å²) in [7, 11) is 0. The van der Waals surface area contributed by atoms with E-state index >= 15 is 0 Å². The van der Waals surface area contributed by atoms with E-state index in [1.807, 2.05) is 0 Å². The predicted molar refractivity (Wildman–Crippen MR) is 62.5 cm³/mol. The molecule has 0 unspecified atom stereocenters. The number of hydrogen-bond donors (Lipinski definition) is 0. The first-order chi connectivity index (χ1) is 9.04. The Balaban J connectivity index is 2.57. The first kappa shape index (κ1) is 13.2. The predicted octanol–water partition coefficient (Wildman–Crippen LogP) is 3.10. The van der Waals surface area contributed by atoms with Gasteiger partial charge >= 0.3 is 5.97 Å². The number of carbonyl (C=O) groups excluding carboxylic acids is 1. The van der Waals surface area contributed by atoms with Crippen LogP contribution in [0.3, 0.4) is 0 Å². The SMILES string of the molecule is CCOC(=O)c1c(-c2cc(F)ccc2F)noc1C. The van der Waals surface area contributed by atoms with Crippen LogP contribution in [0.2, 0.25) is 0 Å². The lowest BCUT2D eigenvalue weighted by Crippen LogP contribution is -2.07. The van der Waals surface area contributed by atoms with Crippen molar-refractivity contribution in [2.24, 2.45) is 0 Å². The highest BCUT2D eigenvalue weighted by atomic mass is 19.1. The van der Waals surface area contributed by atoms with Gasteiger partial charge in [-0.15, -0.1) is 0 Å². The van der Waals surface area contributed by atoms with Crippen LogP contribution < -0.4 is 0 Å². The van der Waals surface area contributed by atoms with Gasteiger partial charge in [0.1, 0.15) is 28.7 Å². The minimum absolute atomic E-state index is 0.00588. The van der Waals surface area contributed by atoms with Crippen LogP contribution >= 0.6 is 0 Å². The van der Waals surface area contributed by atoms with E-state index in [2.05, 4.69) is 5.16 Å². The van der Waals surface area contributed by atoms with Crippen molar-refractivity contribution >= 4 is 5.97 Å². The van der Waals surface area contributed by atoms with Crippen LogP contribution in [-0.4, -0.2) is 17.7 Å². The van der Waals surface area contributed by atoms with Crippen LogP contribution in [0.4, 0.5) is 8.78 Å². The summed E-state index contributed by atoms with van der Waals surface area (Å²) in [6, 6.07) is 2.90. The van der Waals surface area contributed by atoms with Gasteiger partial charge in [-0.1, -0.05) is 5.16 Å². The highest BCUT2D eigenvalue weighted by molar-refractivity contribution is 5.97. The Morgan fingerprint density at radius 1 is 1.42 bits per heavy atom. The molecule has 0 bridgehead atoms. The number of aryl methyl sites for hydroxylation is 1. The minimum atomic E-state index is -0.694. The van der Waals surface area contributed by atoms with E-state index < -0.39 is 17.6 Å². The Hall–Kier alpha value is -2.24. The number of aromatic nitrogens is 1. The van der Waals surface area contributed by atoms with E-state index in [0.717, 1.165) is 18.2 Å². The summed E-state index contributed by atoms with van der Waals surface area (Å²) < 4.78 is 36.6. The molecule has 0 atom stereocenters. The standard InChI is InChI=1S/C13H11F2NO3/c1-3-18-13(17)11-7(2)19-16-12(11)9-6-8(14)4-5-10(9)15/h4-6H,3H2,1-2H3. The molecule has 2 rings (SSSR count). The fourth-order valence-corrected chi connectivity index (χ4v) is 1.68. The molecule has 4 nitrogen and oxygen atoms in total. The molecule has 19 heavy (non-hydrogen) atoms. The molecule has 1 heterocycles. The normalized spacial score (nSPS) is 10.5. The quantitative estimate of drug-likeness (QED) is 0.802. The smallest absolute Gasteiger partial charge is 0.344 e. The summed E-state index contributed by atoms with van der Waals surface area (Å²) in [4.78, 5) is 11.8. The highest BCUT2D eigenvalue weighted by Gasteiger charge is 2.24. The van der Waals surface area contributed by atoms with E-state index in [1.165, 1.54) is 6.92 Å².